The molecular formula is C19H28O3S. The first-order valence-electron chi connectivity index (χ1n) is 8.67. The van der Waals surface area contributed by atoms with E-state index < -0.39 is 12.1 Å². The molecule has 1 saturated carbocycles. The van der Waals surface area contributed by atoms with Gasteiger partial charge in [0.25, 0.3) is 0 Å². The monoisotopic (exact) mass is 336 g/mol. The van der Waals surface area contributed by atoms with Crippen molar-refractivity contribution in [3.63, 3.8) is 0 Å². The largest absolute Gasteiger partial charge is 0.464 e. The van der Waals surface area contributed by atoms with Crippen molar-refractivity contribution in [1.82, 2.24) is 0 Å². The summed E-state index contributed by atoms with van der Waals surface area (Å²) in [5.41, 5.74) is 2.66. The molecule has 0 heterocycles. The molecule has 1 atom stereocenters. The van der Waals surface area contributed by atoms with Crippen LogP contribution >= 0.6 is 11.8 Å². The van der Waals surface area contributed by atoms with Crippen molar-refractivity contribution in [3.05, 3.63) is 29.3 Å². The molecule has 0 amide bonds. The van der Waals surface area contributed by atoms with Gasteiger partial charge >= 0.3 is 5.97 Å². The fraction of sp³-hybridized carbons (Fsp3) is 0.632. The third-order valence-electron chi connectivity index (χ3n) is 4.61. The minimum absolute atomic E-state index is 0.308. The van der Waals surface area contributed by atoms with Crippen molar-refractivity contribution in [2.75, 3.05) is 12.9 Å². The number of hydrogen-bond donors (Lipinski definition) is 1. The van der Waals surface area contributed by atoms with Crippen molar-refractivity contribution in [3.8, 4) is 0 Å². The van der Waals surface area contributed by atoms with Crippen LogP contribution in [0.15, 0.2) is 23.1 Å². The van der Waals surface area contributed by atoms with Gasteiger partial charge in [0.15, 0.2) is 6.10 Å². The highest BCUT2D eigenvalue weighted by Gasteiger charge is 2.19. The zero-order valence-electron chi connectivity index (χ0n) is 14.2. The SMILES string of the molecule is CCOC(=O)C(O)CCc1ccc(C2CCCCC2)c(SC)c1. The van der Waals surface area contributed by atoms with Crippen LogP contribution in [0, 0.1) is 0 Å². The van der Waals surface area contributed by atoms with Gasteiger partial charge in [-0.2, -0.15) is 0 Å². The third kappa shape index (κ3) is 5.25. The average molecular weight is 336 g/mol. The number of thioether (sulfide) groups is 1. The predicted octanol–water partition coefficient (Wildman–Crippen LogP) is 4.31. The Hall–Kier alpha value is -1.00. The van der Waals surface area contributed by atoms with Gasteiger partial charge in [0.2, 0.25) is 0 Å². The Morgan fingerprint density at radius 2 is 2.09 bits per heavy atom. The van der Waals surface area contributed by atoms with E-state index in [1.807, 2.05) is 0 Å². The summed E-state index contributed by atoms with van der Waals surface area (Å²) in [7, 11) is 0. The number of carbonyl (C=O) groups excluding carboxylic acids is 1. The molecule has 4 heteroatoms. The molecule has 1 unspecified atom stereocenters. The van der Waals surface area contributed by atoms with E-state index in [1.165, 1.54) is 48.1 Å². The lowest BCUT2D eigenvalue weighted by molar-refractivity contribution is -0.153. The van der Waals surface area contributed by atoms with Gasteiger partial charge in [-0.3, -0.25) is 0 Å². The van der Waals surface area contributed by atoms with E-state index in [4.69, 9.17) is 4.74 Å². The Labute approximate surface area is 143 Å². The van der Waals surface area contributed by atoms with E-state index in [0.717, 1.165) is 0 Å². The fourth-order valence-electron chi connectivity index (χ4n) is 3.32. The molecule has 1 fully saturated rings. The highest BCUT2D eigenvalue weighted by molar-refractivity contribution is 7.98. The normalized spacial score (nSPS) is 17.0. The third-order valence-corrected chi connectivity index (χ3v) is 5.40. The van der Waals surface area contributed by atoms with Crippen LogP contribution in [-0.2, 0) is 16.0 Å². The number of rotatable bonds is 7. The van der Waals surface area contributed by atoms with Crippen LogP contribution in [0.4, 0.5) is 0 Å². The Morgan fingerprint density at radius 1 is 1.35 bits per heavy atom. The summed E-state index contributed by atoms with van der Waals surface area (Å²) in [5, 5.41) is 9.82. The molecule has 1 aliphatic carbocycles. The van der Waals surface area contributed by atoms with Crippen molar-refractivity contribution in [2.24, 2.45) is 0 Å². The van der Waals surface area contributed by atoms with Gasteiger partial charge in [-0.1, -0.05) is 31.4 Å². The fourth-order valence-corrected chi connectivity index (χ4v) is 4.06. The van der Waals surface area contributed by atoms with Crippen LogP contribution < -0.4 is 0 Å². The van der Waals surface area contributed by atoms with Crippen molar-refractivity contribution in [1.29, 1.82) is 0 Å². The molecule has 0 saturated heterocycles. The van der Waals surface area contributed by atoms with E-state index in [9.17, 15) is 9.90 Å². The second kappa shape index (κ2) is 9.33. The molecule has 0 spiro atoms. The highest BCUT2D eigenvalue weighted by atomic mass is 32.2. The molecule has 1 aliphatic rings. The Balaban J connectivity index is 1.99. The van der Waals surface area contributed by atoms with Crippen LogP contribution in [0.1, 0.15) is 62.5 Å². The van der Waals surface area contributed by atoms with Crippen molar-refractivity contribution >= 4 is 17.7 Å². The van der Waals surface area contributed by atoms with E-state index in [2.05, 4.69) is 24.5 Å². The maximum Gasteiger partial charge on any atom is 0.334 e. The number of aryl methyl sites for hydroxylation is 1. The Bertz CT molecular complexity index is 509. The van der Waals surface area contributed by atoms with Crippen molar-refractivity contribution in [2.45, 2.75) is 68.8 Å². The van der Waals surface area contributed by atoms with Crippen LogP contribution in [-0.4, -0.2) is 30.0 Å². The van der Waals surface area contributed by atoms with Crippen molar-refractivity contribution < 1.29 is 14.6 Å². The molecule has 23 heavy (non-hydrogen) atoms. The van der Waals surface area contributed by atoms with Gasteiger partial charge < -0.3 is 9.84 Å². The predicted molar refractivity (Wildman–Crippen MR) is 95.0 cm³/mol. The zero-order valence-corrected chi connectivity index (χ0v) is 15.0. The summed E-state index contributed by atoms with van der Waals surface area (Å²) in [4.78, 5) is 12.8. The molecular weight excluding hydrogens is 308 g/mol. The zero-order chi connectivity index (χ0) is 16.7. The Kier molecular flexibility index (Phi) is 7.44. The van der Waals surface area contributed by atoms with Crippen LogP contribution in [0.3, 0.4) is 0 Å². The lowest BCUT2D eigenvalue weighted by Gasteiger charge is -2.24. The number of hydrogen-bond acceptors (Lipinski definition) is 4. The van der Waals surface area contributed by atoms with Crippen LogP contribution in [0.5, 0.6) is 0 Å². The maximum absolute atomic E-state index is 11.5. The first-order chi connectivity index (χ1) is 11.2. The second-order valence-electron chi connectivity index (χ2n) is 6.22. The first kappa shape index (κ1) is 18.3. The molecule has 128 valence electrons. The van der Waals surface area contributed by atoms with Gasteiger partial charge in [0.05, 0.1) is 6.61 Å². The standard InChI is InChI=1S/C19H28O3S/c1-3-22-19(21)17(20)12-10-14-9-11-16(18(13-14)23-2)15-7-5-4-6-8-15/h9,11,13,15,17,20H,3-8,10,12H2,1-2H3. The molecule has 1 N–H and O–H groups in total. The van der Waals surface area contributed by atoms with E-state index in [1.54, 1.807) is 18.7 Å². The molecule has 0 bridgehead atoms. The van der Waals surface area contributed by atoms with E-state index in [-0.39, 0.29) is 0 Å². The lowest BCUT2D eigenvalue weighted by atomic mass is 9.83. The maximum atomic E-state index is 11.5. The lowest BCUT2D eigenvalue weighted by Crippen LogP contribution is -2.23. The summed E-state index contributed by atoms with van der Waals surface area (Å²) in [6, 6.07) is 6.64. The summed E-state index contributed by atoms with van der Waals surface area (Å²) in [6.45, 7) is 2.06. The molecule has 0 aliphatic heterocycles. The molecule has 3 nitrogen and oxygen atoms in total. The first-order valence-corrected chi connectivity index (χ1v) is 9.89. The number of ether oxygens (including phenoxy) is 1. The molecule has 0 aromatic heterocycles. The number of aliphatic hydroxyl groups is 1. The van der Waals surface area contributed by atoms with Crippen LogP contribution in [0.2, 0.25) is 0 Å². The molecule has 2 rings (SSSR count). The van der Waals surface area contributed by atoms with Gasteiger partial charge in [-0.05, 0) is 62.0 Å². The smallest absolute Gasteiger partial charge is 0.334 e. The molecule has 0 radical (unpaired) electrons. The number of carbonyl (C=O) groups is 1. The quantitative estimate of drug-likeness (QED) is 0.595. The second-order valence-corrected chi connectivity index (χ2v) is 7.07. The minimum Gasteiger partial charge on any atom is -0.464 e. The number of esters is 1. The average Bonchev–Trinajstić information content (AvgIpc) is 2.60. The summed E-state index contributed by atoms with van der Waals surface area (Å²) < 4.78 is 4.84. The number of benzene rings is 1. The summed E-state index contributed by atoms with van der Waals surface area (Å²) in [5.74, 6) is 0.182. The molecule has 1 aromatic carbocycles. The van der Waals surface area contributed by atoms with Crippen LogP contribution in [0.25, 0.3) is 0 Å². The summed E-state index contributed by atoms with van der Waals surface area (Å²) >= 11 is 1.80. The van der Waals surface area contributed by atoms with Gasteiger partial charge in [0, 0.05) is 4.90 Å². The van der Waals surface area contributed by atoms with Gasteiger partial charge in [-0.25, -0.2) is 4.79 Å². The minimum atomic E-state index is -1.02. The van der Waals surface area contributed by atoms with Gasteiger partial charge in [0.1, 0.15) is 0 Å². The van der Waals surface area contributed by atoms with E-state index >= 15 is 0 Å². The highest BCUT2D eigenvalue weighted by Crippen LogP contribution is 2.37. The topological polar surface area (TPSA) is 46.5 Å². The molecule has 1 aromatic rings. The summed E-state index contributed by atoms with van der Waals surface area (Å²) in [6.07, 6.45) is 8.86. The number of aliphatic hydroxyl groups excluding tert-OH is 1. The Morgan fingerprint density at radius 3 is 2.74 bits per heavy atom. The van der Waals surface area contributed by atoms with E-state index in [0.29, 0.717) is 25.4 Å². The van der Waals surface area contributed by atoms with Gasteiger partial charge in [-0.15, -0.1) is 11.8 Å².